The Balaban J connectivity index is 1.46. The summed E-state index contributed by atoms with van der Waals surface area (Å²) in [5.74, 6) is -4.69. The van der Waals surface area contributed by atoms with Crippen molar-refractivity contribution in [1.29, 1.82) is 0 Å². The Kier molecular flexibility index (Phi) is 5.88. The fourth-order valence-electron chi connectivity index (χ4n) is 6.51. The lowest BCUT2D eigenvalue weighted by molar-refractivity contribution is -0.384. The lowest BCUT2D eigenvalue weighted by atomic mass is 9.64. The monoisotopic (exact) mass is 580 g/mol. The van der Waals surface area contributed by atoms with Crippen molar-refractivity contribution in [3.05, 3.63) is 111 Å². The molecule has 0 spiro atoms. The third-order valence-electron chi connectivity index (χ3n) is 8.36. The number of nitro groups is 1. The largest absolute Gasteiger partial charge is 0.497 e. The van der Waals surface area contributed by atoms with Crippen LogP contribution in [0, 0.1) is 27.9 Å². The minimum absolute atomic E-state index is 0.00214. The van der Waals surface area contributed by atoms with E-state index in [0.717, 1.165) is 27.3 Å². The van der Waals surface area contributed by atoms with E-state index in [0.29, 0.717) is 22.6 Å². The Bertz CT molecular complexity index is 1880. The van der Waals surface area contributed by atoms with Gasteiger partial charge in [0.1, 0.15) is 11.5 Å². The lowest BCUT2D eigenvalue weighted by Gasteiger charge is -2.38. The molecule has 1 fully saturated rings. The van der Waals surface area contributed by atoms with Crippen molar-refractivity contribution in [3.8, 4) is 11.5 Å². The van der Waals surface area contributed by atoms with Crippen molar-refractivity contribution in [2.75, 3.05) is 12.0 Å². The van der Waals surface area contributed by atoms with Gasteiger partial charge in [-0.2, -0.15) is 0 Å². The van der Waals surface area contributed by atoms with Crippen LogP contribution >= 0.6 is 11.6 Å². The van der Waals surface area contributed by atoms with E-state index < -0.39 is 46.4 Å². The predicted octanol–water partition coefficient (Wildman–Crippen LogP) is 5.93. The Labute approximate surface area is 244 Å². The van der Waals surface area contributed by atoms with Gasteiger partial charge in [0, 0.05) is 23.6 Å². The summed E-state index contributed by atoms with van der Waals surface area (Å²) in [6, 6.07) is 22.0. The standard InChI is InChI=1S/C32H21ClN2O7/c1-41-19-10-6-17(7-11-19)21-15-22-26-20-5-3-2-4-16(20)8-13-25(26)42-32(38)28(22)29-27(21)30(36)34(31(29)37)24-14-18(35(39)40)9-12-23(24)33/h2-15,21,27-29H,1H3/t21-,27+,28-,29-/m0/s1. The minimum atomic E-state index is -1.13. The number of nitro benzene ring substituents is 1. The van der Waals surface area contributed by atoms with Crippen LogP contribution < -0.4 is 14.4 Å². The van der Waals surface area contributed by atoms with Crippen molar-refractivity contribution in [2.24, 2.45) is 17.8 Å². The molecule has 9 nitrogen and oxygen atoms in total. The molecule has 42 heavy (non-hydrogen) atoms. The number of halogens is 1. The molecule has 3 aliphatic rings. The molecular formula is C32H21ClN2O7. The Morgan fingerprint density at radius 3 is 2.40 bits per heavy atom. The van der Waals surface area contributed by atoms with E-state index in [1.807, 2.05) is 48.5 Å². The third kappa shape index (κ3) is 3.74. The summed E-state index contributed by atoms with van der Waals surface area (Å²) in [6.45, 7) is 0. The number of carbonyl (C=O) groups is 3. The topological polar surface area (TPSA) is 116 Å². The fourth-order valence-corrected chi connectivity index (χ4v) is 6.71. The first-order valence-electron chi connectivity index (χ1n) is 13.2. The van der Waals surface area contributed by atoms with E-state index in [9.17, 15) is 24.5 Å². The minimum Gasteiger partial charge on any atom is -0.497 e. The number of nitrogens with zero attached hydrogens (tertiary/aromatic N) is 2. The number of amides is 2. The van der Waals surface area contributed by atoms with Crippen LogP contribution in [0.5, 0.6) is 11.5 Å². The Morgan fingerprint density at radius 2 is 1.67 bits per heavy atom. The van der Waals surface area contributed by atoms with E-state index in [2.05, 4.69) is 0 Å². The summed E-state index contributed by atoms with van der Waals surface area (Å²) in [6.07, 6.45) is 1.89. The van der Waals surface area contributed by atoms with E-state index in [1.165, 1.54) is 12.1 Å². The zero-order valence-corrected chi connectivity index (χ0v) is 22.8. The molecule has 0 bridgehead atoms. The summed E-state index contributed by atoms with van der Waals surface area (Å²) in [7, 11) is 1.55. The van der Waals surface area contributed by atoms with E-state index in [1.54, 1.807) is 25.3 Å². The van der Waals surface area contributed by atoms with Gasteiger partial charge < -0.3 is 9.47 Å². The molecule has 10 heteroatoms. The molecule has 0 saturated carbocycles. The molecule has 0 aromatic heterocycles. The van der Waals surface area contributed by atoms with Crippen molar-refractivity contribution in [3.63, 3.8) is 0 Å². The van der Waals surface area contributed by atoms with Gasteiger partial charge in [0.25, 0.3) is 5.69 Å². The average Bonchev–Trinajstić information content (AvgIpc) is 3.26. The van der Waals surface area contributed by atoms with Gasteiger partial charge in [-0.25, -0.2) is 4.90 Å². The van der Waals surface area contributed by atoms with E-state index >= 15 is 0 Å². The molecule has 4 atom stereocenters. The van der Waals surface area contributed by atoms with Gasteiger partial charge in [0.05, 0.1) is 40.5 Å². The number of esters is 1. The molecule has 4 aromatic rings. The van der Waals surface area contributed by atoms with E-state index in [-0.39, 0.29) is 16.4 Å². The van der Waals surface area contributed by atoms with Crippen LogP contribution in [-0.4, -0.2) is 29.8 Å². The maximum absolute atomic E-state index is 14.3. The number of carbonyl (C=O) groups excluding carboxylic acids is 3. The molecule has 1 saturated heterocycles. The van der Waals surface area contributed by atoms with Gasteiger partial charge >= 0.3 is 5.97 Å². The highest BCUT2D eigenvalue weighted by atomic mass is 35.5. The van der Waals surface area contributed by atoms with Crippen LogP contribution in [0.4, 0.5) is 11.4 Å². The molecule has 208 valence electrons. The second-order valence-electron chi connectivity index (χ2n) is 10.4. The number of imide groups is 1. The Morgan fingerprint density at radius 1 is 0.929 bits per heavy atom. The summed E-state index contributed by atoms with van der Waals surface area (Å²) >= 11 is 6.41. The van der Waals surface area contributed by atoms with E-state index in [4.69, 9.17) is 21.1 Å². The summed E-state index contributed by atoms with van der Waals surface area (Å²) < 4.78 is 11.1. The van der Waals surface area contributed by atoms with Gasteiger partial charge in [-0.15, -0.1) is 0 Å². The molecule has 2 amide bonds. The molecule has 1 aliphatic carbocycles. The smallest absolute Gasteiger partial charge is 0.319 e. The lowest BCUT2D eigenvalue weighted by Crippen LogP contribution is -2.42. The van der Waals surface area contributed by atoms with Crippen LogP contribution in [0.25, 0.3) is 16.3 Å². The number of rotatable bonds is 4. The number of non-ortho nitro benzene ring substituents is 1. The molecule has 2 aliphatic heterocycles. The average molecular weight is 581 g/mol. The fraction of sp³-hybridized carbons (Fsp3) is 0.156. The SMILES string of the molecule is COc1ccc([C@@H]2C=C3c4c(ccc5ccccc45)OC(=O)[C@@H]3[C@H]3C(=O)N(c4cc([N+](=O)[O-])ccc4Cl)C(=O)[C@@H]32)cc1. The molecule has 0 N–H and O–H groups in total. The van der Waals surface area contributed by atoms with Crippen LogP contribution in [-0.2, 0) is 14.4 Å². The van der Waals surface area contributed by atoms with Crippen molar-refractivity contribution < 1.29 is 28.8 Å². The van der Waals surface area contributed by atoms with Gasteiger partial charge in [0.15, 0.2) is 0 Å². The summed E-state index contributed by atoms with van der Waals surface area (Å²) in [5, 5.41) is 13.3. The van der Waals surface area contributed by atoms with Crippen molar-refractivity contribution in [2.45, 2.75) is 5.92 Å². The highest BCUT2D eigenvalue weighted by Crippen LogP contribution is 2.56. The van der Waals surface area contributed by atoms with Crippen LogP contribution in [0.1, 0.15) is 17.0 Å². The summed E-state index contributed by atoms with van der Waals surface area (Å²) in [4.78, 5) is 53.9. The van der Waals surface area contributed by atoms with Crippen LogP contribution in [0.3, 0.4) is 0 Å². The first-order chi connectivity index (χ1) is 20.3. The zero-order valence-electron chi connectivity index (χ0n) is 22.0. The number of allylic oxidation sites excluding steroid dienone is 1. The maximum Gasteiger partial charge on any atom is 0.319 e. The normalized spacial score (nSPS) is 22.7. The number of benzene rings is 4. The highest BCUT2D eigenvalue weighted by Gasteiger charge is 2.60. The molecule has 0 radical (unpaired) electrons. The van der Waals surface area contributed by atoms with Gasteiger partial charge in [-0.05, 0) is 46.2 Å². The first kappa shape index (κ1) is 25.9. The first-order valence-corrected chi connectivity index (χ1v) is 13.6. The second-order valence-corrected chi connectivity index (χ2v) is 10.8. The number of ether oxygens (including phenoxy) is 2. The maximum atomic E-state index is 14.3. The van der Waals surface area contributed by atoms with Gasteiger partial charge in [-0.3, -0.25) is 24.5 Å². The predicted molar refractivity (Wildman–Crippen MR) is 154 cm³/mol. The van der Waals surface area contributed by atoms with Crippen molar-refractivity contribution in [1.82, 2.24) is 0 Å². The quantitative estimate of drug-likeness (QED) is 0.0965. The Hall–Kier alpha value is -5.02. The summed E-state index contributed by atoms with van der Waals surface area (Å²) in [5.41, 5.74) is 1.62. The number of hydrogen-bond donors (Lipinski definition) is 0. The number of hydrogen-bond acceptors (Lipinski definition) is 7. The number of methoxy groups -OCH3 is 1. The third-order valence-corrected chi connectivity index (χ3v) is 8.68. The van der Waals surface area contributed by atoms with Crippen molar-refractivity contribution >= 4 is 57.1 Å². The van der Waals surface area contributed by atoms with Gasteiger partial charge in [0.2, 0.25) is 11.8 Å². The zero-order chi connectivity index (χ0) is 29.3. The van der Waals surface area contributed by atoms with Crippen LogP contribution in [0.2, 0.25) is 5.02 Å². The number of anilines is 1. The van der Waals surface area contributed by atoms with Crippen LogP contribution in [0.15, 0.2) is 84.9 Å². The van der Waals surface area contributed by atoms with Gasteiger partial charge in [-0.1, -0.05) is 60.1 Å². The molecule has 0 unspecified atom stereocenters. The second kappa shape index (κ2) is 9.53. The molecule has 4 aromatic carbocycles. The molecule has 2 heterocycles. The molecular weight excluding hydrogens is 560 g/mol. The highest BCUT2D eigenvalue weighted by molar-refractivity contribution is 6.36. The number of fused-ring (bicyclic) bond motifs is 7. The molecule has 7 rings (SSSR count).